The molecule has 0 spiro atoms. The summed E-state index contributed by atoms with van der Waals surface area (Å²) >= 11 is 0. The minimum absolute atomic E-state index is 0.329. The summed E-state index contributed by atoms with van der Waals surface area (Å²) in [6.45, 7) is 1.72. The third kappa shape index (κ3) is 22.5. The molecule has 0 aliphatic heterocycles. The number of unbranched alkanes of at least 4 members (excludes halogenated alkanes) is 12. The second-order valence-corrected chi connectivity index (χ2v) is 7.45. The zero-order valence-electron chi connectivity index (χ0n) is 18.0. The molecule has 28 heavy (non-hydrogen) atoms. The molecule has 162 valence electrons. The molecule has 0 unspecified atom stereocenters. The summed E-state index contributed by atoms with van der Waals surface area (Å²) in [5.41, 5.74) is 0. The van der Waals surface area contributed by atoms with E-state index in [-0.39, 0.29) is 0 Å². The maximum atomic E-state index is 11.2. The molecule has 0 bridgehead atoms. The van der Waals surface area contributed by atoms with Gasteiger partial charge in [0.1, 0.15) is 0 Å². The standard InChI is InChI=1S/C24H42O4/c1-2-3-4-5-6-7-8-9-10-11-12-13-14-15-16-17-18-19-20-21-24(27)28-22-23(25)26/h6-7,9-10H,2-5,8,11-22H2,1H3,(H,25,26)/b7-6-,10-9-. The molecular formula is C24H42O4. The lowest BCUT2D eigenvalue weighted by molar-refractivity contribution is -0.155. The molecule has 0 rings (SSSR count). The van der Waals surface area contributed by atoms with E-state index in [1.807, 2.05) is 0 Å². The van der Waals surface area contributed by atoms with Crippen LogP contribution in [0.25, 0.3) is 0 Å². The van der Waals surface area contributed by atoms with E-state index in [9.17, 15) is 9.59 Å². The number of hydrogen-bond donors (Lipinski definition) is 1. The third-order valence-corrected chi connectivity index (χ3v) is 4.69. The van der Waals surface area contributed by atoms with Crippen LogP contribution in [0.1, 0.15) is 110 Å². The number of carbonyl (C=O) groups is 2. The first-order valence-corrected chi connectivity index (χ1v) is 11.3. The number of aliphatic carboxylic acids is 1. The molecule has 0 radical (unpaired) electrons. The molecule has 0 aromatic rings. The predicted octanol–water partition coefficient (Wildman–Crippen LogP) is 6.99. The molecule has 0 aromatic carbocycles. The van der Waals surface area contributed by atoms with Crippen molar-refractivity contribution in [1.82, 2.24) is 0 Å². The first-order valence-electron chi connectivity index (χ1n) is 11.3. The largest absolute Gasteiger partial charge is 0.479 e. The van der Waals surface area contributed by atoms with E-state index in [0.29, 0.717) is 6.42 Å². The number of carboxylic acids is 1. The van der Waals surface area contributed by atoms with E-state index in [0.717, 1.165) is 25.7 Å². The van der Waals surface area contributed by atoms with Crippen LogP contribution < -0.4 is 0 Å². The number of esters is 1. The lowest BCUT2D eigenvalue weighted by Crippen LogP contribution is -2.12. The Bertz CT molecular complexity index is 426. The first-order chi connectivity index (χ1) is 13.7. The first kappa shape index (κ1) is 26.4. The molecule has 0 amide bonds. The van der Waals surface area contributed by atoms with Gasteiger partial charge >= 0.3 is 11.9 Å². The van der Waals surface area contributed by atoms with Gasteiger partial charge in [-0.05, 0) is 38.5 Å². The second kappa shape index (κ2) is 21.7. The molecule has 0 fully saturated rings. The molecule has 1 N–H and O–H groups in total. The number of carboxylic acid groups (broad SMARTS) is 1. The highest BCUT2D eigenvalue weighted by Crippen LogP contribution is 2.12. The van der Waals surface area contributed by atoms with Crippen LogP contribution in [0.15, 0.2) is 24.3 Å². The van der Waals surface area contributed by atoms with Gasteiger partial charge in [0.05, 0.1) is 0 Å². The highest BCUT2D eigenvalue weighted by molar-refractivity contribution is 5.75. The van der Waals surface area contributed by atoms with Crippen LogP contribution >= 0.6 is 0 Å². The van der Waals surface area contributed by atoms with Crippen LogP contribution in [-0.4, -0.2) is 23.7 Å². The fourth-order valence-electron chi connectivity index (χ4n) is 3.00. The average Bonchev–Trinajstić information content (AvgIpc) is 2.68. The minimum Gasteiger partial charge on any atom is -0.479 e. The lowest BCUT2D eigenvalue weighted by atomic mass is 10.1. The van der Waals surface area contributed by atoms with Gasteiger partial charge in [-0.2, -0.15) is 0 Å². The van der Waals surface area contributed by atoms with E-state index in [1.54, 1.807) is 0 Å². The maximum Gasteiger partial charge on any atom is 0.341 e. The smallest absolute Gasteiger partial charge is 0.341 e. The van der Waals surface area contributed by atoms with E-state index < -0.39 is 18.5 Å². The quantitative estimate of drug-likeness (QED) is 0.137. The number of rotatable bonds is 20. The fraction of sp³-hybridized carbons (Fsp3) is 0.750. The Labute approximate surface area is 172 Å². The Kier molecular flexibility index (Phi) is 20.5. The van der Waals surface area contributed by atoms with Gasteiger partial charge in [-0.3, -0.25) is 4.79 Å². The topological polar surface area (TPSA) is 63.6 Å². The number of hydrogen-bond acceptors (Lipinski definition) is 3. The molecule has 0 aliphatic rings. The predicted molar refractivity (Wildman–Crippen MR) is 116 cm³/mol. The molecule has 4 nitrogen and oxygen atoms in total. The Balaban J connectivity index is 3.22. The van der Waals surface area contributed by atoms with Crippen molar-refractivity contribution in [1.29, 1.82) is 0 Å². The second-order valence-electron chi connectivity index (χ2n) is 7.45. The summed E-state index contributed by atoms with van der Waals surface area (Å²) in [5.74, 6) is -1.51. The number of allylic oxidation sites excluding steroid dienone is 4. The third-order valence-electron chi connectivity index (χ3n) is 4.69. The molecule has 0 aliphatic carbocycles. The van der Waals surface area contributed by atoms with Gasteiger partial charge in [0, 0.05) is 6.42 Å². The van der Waals surface area contributed by atoms with Crippen LogP contribution in [0.2, 0.25) is 0 Å². The van der Waals surface area contributed by atoms with E-state index in [4.69, 9.17) is 5.11 Å². The van der Waals surface area contributed by atoms with Crippen LogP contribution in [0.5, 0.6) is 0 Å². The number of carbonyl (C=O) groups excluding carboxylic acids is 1. The van der Waals surface area contributed by atoms with E-state index in [1.165, 1.54) is 70.6 Å². The van der Waals surface area contributed by atoms with Crippen molar-refractivity contribution in [2.45, 2.75) is 110 Å². The summed E-state index contributed by atoms with van der Waals surface area (Å²) in [7, 11) is 0. The number of ether oxygens (including phenoxy) is 1. The highest BCUT2D eigenvalue weighted by Gasteiger charge is 2.05. The Hall–Kier alpha value is -1.58. The SMILES string of the molecule is CCCCC/C=C\C/C=C\CCCCCCCCCCCC(=O)OCC(=O)O. The van der Waals surface area contributed by atoms with Crippen molar-refractivity contribution in [3.05, 3.63) is 24.3 Å². The molecule has 0 aromatic heterocycles. The van der Waals surface area contributed by atoms with Gasteiger partial charge in [-0.25, -0.2) is 4.79 Å². The Morgan fingerprint density at radius 2 is 1.21 bits per heavy atom. The lowest BCUT2D eigenvalue weighted by Gasteiger charge is -2.03. The van der Waals surface area contributed by atoms with E-state index >= 15 is 0 Å². The fourth-order valence-corrected chi connectivity index (χ4v) is 3.00. The Morgan fingerprint density at radius 3 is 1.75 bits per heavy atom. The van der Waals surface area contributed by atoms with Crippen LogP contribution in [0.3, 0.4) is 0 Å². The summed E-state index contributed by atoms with van der Waals surface area (Å²) in [6.07, 6.45) is 27.6. The Morgan fingerprint density at radius 1 is 0.714 bits per heavy atom. The summed E-state index contributed by atoms with van der Waals surface area (Å²) in [5, 5.41) is 8.41. The van der Waals surface area contributed by atoms with Crippen LogP contribution in [0.4, 0.5) is 0 Å². The van der Waals surface area contributed by atoms with Crippen molar-refractivity contribution < 1.29 is 19.4 Å². The van der Waals surface area contributed by atoms with Gasteiger partial charge in [0.15, 0.2) is 6.61 Å². The molecule has 0 atom stereocenters. The van der Waals surface area contributed by atoms with Gasteiger partial charge in [-0.15, -0.1) is 0 Å². The normalized spacial score (nSPS) is 11.5. The highest BCUT2D eigenvalue weighted by atomic mass is 16.5. The molecular weight excluding hydrogens is 352 g/mol. The molecule has 4 heteroatoms. The summed E-state index contributed by atoms with van der Waals surface area (Å²) in [4.78, 5) is 21.5. The van der Waals surface area contributed by atoms with Crippen LogP contribution in [-0.2, 0) is 14.3 Å². The van der Waals surface area contributed by atoms with Gasteiger partial charge in [0.25, 0.3) is 0 Å². The zero-order valence-corrected chi connectivity index (χ0v) is 18.0. The van der Waals surface area contributed by atoms with Gasteiger partial charge < -0.3 is 9.84 Å². The van der Waals surface area contributed by atoms with Crippen molar-refractivity contribution in [2.24, 2.45) is 0 Å². The van der Waals surface area contributed by atoms with Crippen LogP contribution in [0, 0.1) is 0 Å². The van der Waals surface area contributed by atoms with E-state index in [2.05, 4.69) is 36.0 Å². The van der Waals surface area contributed by atoms with Crippen molar-refractivity contribution >= 4 is 11.9 Å². The average molecular weight is 395 g/mol. The van der Waals surface area contributed by atoms with Gasteiger partial charge in [-0.1, -0.05) is 89.0 Å². The molecule has 0 saturated carbocycles. The molecule has 0 heterocycles. The van der Waals surface area contributed by atoms with Crippen molar-refractivity contribution in [3.8, 4) is 0 Å². The van der Waals surface area contributed by atoms with Crippen molar-refractivity contribution in [2.75, 3.05) is 6.61 Å². The maximum absolute atomic E-state index is 11.2. The van der Waals surface area contributed by atoms with Crippen molar-refractivity contribution in [3.63, 3.8) is 0 Å². The zero-order chi connectivity index (χ0) is 20.7. The minimum atomic E-state index is -1.10. The summed E-state index contributed by atoms with van der Waals surface area (Å²) in [6, 6.07) is 0. The molecule has 0 saturated heterocycles. The van der Waals surface area contributed by atoms with Gasteiger partial charge in [0.2, 0.25) is 0 Å². The summed E-state index contributed by atoms with van der Waals surface area (Å²) < 4.78 is 4.59. The monoisotopic (exact) mass is 394 g/mol.